The summed E-state index contributed by atoms with van der Waals surface area (Å²) in [7, 11) is 1.66. The number of aromatic nitrogens is 2. The molecular formula is C7H11F2N3. The standard InChI is InChI=1S/C7H11F2N3/c1-5-3-12(4-6(8)9)7(10-2)11-5/h3,6H,4H2,1-2H3,(H,10,11). The summed E-state index contributed by atoms with van der Waals surface area (Å²) < 4.78 is 25.3. The molecule has 0 atom stereocenters. The van der Waals surface area contributed by atoms with Gasteiger partial charge in [-0.25, -0.2) is 13.8 Å². The molecule has 5 heteroatoms. The maximum Gasteiger partial charge on any atom is 0.256 e. The van der Waals surface area contributed by atoms with Gasteiger partial charge in [-0.3, -0.25) is 0 Å². The SMILES string of the molecule is CNc1nc(C)cn1CC(F)F. The van der Waals surface area contributed by atoms with Crippen LogP contribution >= 0.6 is 0 Å². The van der Waals surface area contributed by atoms with Crippen molar-refractivity contribution in [1.29, 1.82) is 0 Å². The van der Waals surface area contributed by atoms with Crippen molar-refractivity contribution in [1.82, 2.24) is 9.55 Å². The van der Waals surface area contributed by atoms with Crippen LogP contribution in [0.25, 0.3) is 0 Å². The highest BCUT2D eigenvalue weighted by Crippen LogP contribution is 2.09. The molecule has 0 fully saturated rings. The summed E-state index contributed by atoms with van der Waals surface area (Å²) in [6.07, 6.45) is -0.747. The number of alkyl halides is 2. The van der Waals surface area contributed by atoms with E-state index >= 15 is 0 Å². The van der Waals surface area contributed by atoms with Gasteiger partial charge in [-0.05, 0) is 6.92 Å². The van der Waals surface area contributed by atoms with Crippen molar-refractivity contribution >= 4 is 5.95 Å². The molecule has 0 radical (unpaired) electrons. The van der Waals surface area contributed by atoms with E-state index in [0.29, 0.717) is 5.95 Å². The van der Waals surface area contributed by atoms with Gasteiger partial charge in [-0.2, -0.15) is 0 Å². The molecule has 1 aromatic rings. The average Bonchev–Trinajstić information content (AvgIpc) is 2.29. The van der Waals surface area contributed by atoms with E-state index < -0.39 is 6.43 Å². The highest BCUT2D eigenvalue weighted by Gasteiger charge is 2.08. The number of anilines is 1. The Kier molecular flexibility index (Phi) is 2.62. The molecule has 0 amide bonds. The fourth-order valence-electron chi connectivity index (χ4n) is 1.03. The third-order valence-electron chi connectivity index (χ3n) is 1.46. The van der Waals surface area contributed by atoms with Crippen molar-refractivity contribution in [2.75, 3.05) is 12.4 Å². The van der Waals surface area contributed by atoms with Crippen LogP contribution in [0.4, 0.5) is 14.7 Å². The molecule has 1 rings (SSSR count). The van der Waals surface area contributed by atoms with E-state index in [-0.39, 0.29) is 6.54 Å². The minimum atomic E-state index is -2.34. The Hall–Kier alpha value is -1.13. The molecule has 0 aliphatic rings. The molecule has 0 saturated heterocycles. The minimum absolute atomic E-state index is 0.309. The van der Waals surface area contributed by atoms with Gasteiger partial charge in [0.1, 0.15) is 0 Å². The molecule has 0 spiro atoms. The molecule has 0 aliphatic carbocycles. The third kappa shape index (κ3) is 1.93. The topological polar surface area (TPSA) is 29.9 Å². The van der Waals surface area contributed by atoms with Crippen LogP contribution in [-0.4, -0.2) is 23.0 Å². The van der Waals surface area contributed by atoms with Gasteiger partial charge in [-0.15, -0.1) is 0 Å². The Morgan fingerprint density at radius 2 is 2.33 bits per heavy atom. The number of hydrogen-bond donors (Lipinski definition) is 1. The van der Waals surface area contributed by atoms with Gasteiger partial charge in [0, 0.05) is 13.2 Å². The van der Waals surface area contributed by atoms with Gasteiger partial charge in [0.25, 0.3) is 6.43 Å². The third-order valence-corrected chi connectivity index (χ3v) is 1.46. The van der Waals surface area contributed by atoms with Crippen molar-refractivity contribution in [3.05, 3.63) is 11.9 Å². The molecule has 3 nitrogen and oxygen atoms in total. The van der Waals surface area contributed by atoms with Crippen LogP contribution in [-0.2, 0) is 6.54 Å². The van der Waals surface area contributed by atoms with Crippen LogP contribution in [0.1, 0.15) is 5.69 Å². The van der Waals surface area contributed by atoms with Gasteiger partial charge in [-0.1, -0.05) is 0 Å². The van der Waals surface area contributed by atoms with E-state index in [1.165, 1.54) is 4.57 Å². The first-order valence-corrected chi connectivity index (χ1v) is 3.63. The molecular weight excluding hydrogens is 164 g/mol. The van der Waals surface area contributed by atoms with Gasteiger partial charge in [0.05, 0.1) is 12.2 Å². The van der Waals surface area contributed by atoms with Gasteiger partial charge in [0.15, 0.2) is 0 Å². The van der Waals surface area contributed by atoms with Gasteiger partial charge in [0.2, 0.25) is 5.95 Å². The number of imidazole rings is 1. The number of hydrogen-bond acceptors (Lipinski definition) is 2. The zero-order valence-corrected chi connectivity index (χ0v) is 7.01. The molecule has 1 heterocycles. The summed E-state index contributed by atoms with van der Waals surface area (Å²) in [5.41, 5.74) is 0.736. The van der Waals surface area contributed by atoms with Crippen LogP contribution in [0.3, 0.4) is 0 Å². The van der Waals surface area contributed by atoms with Gasteiger partial charge < -0.3 is 9.88 Å². The van der Waals surface area contributed by atoms with Crippen LogP contribution < -0.4 is 5.32 Å². The number of aryl methyl sites for hydroxylation is 1. The van der Waals surface area contributed by atoms with Crippen LogP contribution in [0.2, 0.25) is 0 Å². The van der Waals surface area contributed by atoms with Crippen molar-refractivity contribution in [3.63, 3.8) is 0 Å². The number of rotatable bonds is 3. The molecule has 0 saturated carbocycles. The fourth-order valence-corrected chi connectivity index (χ4v) is 1.03. The Morgan fingerprint density at radius 1 is 1.67 bits per heavy atom. The number of halogens is 2. The first-order chi connectivity index (χ1) is 5.63. The molecule has 0 aromatic carbocycles. The molecule has 12 heavy (non-hydrogen) atoms. The smallest absolute Gasteiger partial charge is 0.256 e. The fraction of sp³-hybridized carbons (Fsp3) is 0.571. The number of nitrogens with one attached hydrogen (secondary N) is 1. The van der Waals surface area contributed by atoms with E-state index in [0.717, 1.165) is 5.69 Å². The Balaban J connectivity index is 2.81. The second-order valence-corrected chi connectivity index (χ2v) is 2.50. The van der Waals surface area contributed by atoms with E-state index in [2.05, 4.69) is 10.3 Å². The van der Waals surface area contributed by atoms with Crippen molar-refractivity contribution in [2.45, 2.75) is 19.9 Å². The van der Waals surface area contributed by atoms with Crippen molar-refractivity contribution in [2.24, 2.45) is 0 Å². The normalized spacial score (nSPS) is 10.8. The average molecular weight is 175 g/mol. The van der Waals surface area contributed by atoms with Gasteiger partial charge >= 0.3 is 0 Å². The molecule has 0 unspecified atom stereocenters. The highest BCUT2D eigenvalue weighted by atomic mass is 19.3. The highest BCUT2D eigenvalue weighted by molar-refractivity contribution is 5.27. The summed E-state index contributed by atoms with van der Waals surface area (Å²) >= 11 is 0. The lowest BCUT2D eigenvalue weighted by Crippen LogP contribution is -2.08. The lowest BCUT2D eigenvalue weighted by molar-refractivity contribution is 0.127. The Morgan fingerprint density at radius 3 is 2.83 bits per heavy atom. The molecule has 0 bridgehead atoms. The zero-order valence-electron chi connectivity index (χ0n) is 7.01. The van der Waals surface area contributed by atoms with E-state index in [9.17, 15) is 8.78 Å². The first kappa shape index (κ1) is 8.96. The maximum atomic E-state index is 12.0. The second-order valence-electron chi connectivity index (χ2n) is 2.50. The molecule has 1 N–H and O–H groups in total. The lowest BCUT2D eigenvalue weighted by atomic mass is 10.5. The minimum Gasteiger partial charge on any atom is -0.359 e. The van der Waals surface area contributed by atoms with Crippen molar-refractivity contribution in [3.8, 4) is 0 Å². The molecule has 0 aliphatic heterocycles. The van der Waals surface area contributed by atoms with Crippen LogP contribution in [0, 0.1) is 6.92 Å². The first-order valence-electron chi connectivity index (χ1n) is 3.63. The Labute approximate surface area is 69.4 Å². The maximum absolute atomic E-state index is 12.0. The van der Waals surface area contributed by atoms with Crippen LogP contribution in [0.5, 0.6) is 0 Å². The van der Waals surface area contributed by atoms with Crippen molar-refractivity contribution < 1.29 is 8.78 Å². The Bertz CT molecular complexity index is 257. The van der Waals surface area contributed by atoms with E-state index in [1.807, 2.05) is 0 Å². The molecule has 68 valence electrons. The molecule has 1 aromatic heterocycles. The predicted octanol–water partition coefficient (Wildman–Crippen LogP) is 1.50. The second kappa shape index (κ2) is 3.51. The monoisotopic (exact) mass is 175 g/mol. The summed E-state index contributed by atoms with van der Waals surface area (Å²) in [6, 6.07) is 0. The van der Waals surface area contributed by atoms with Crippen LogP contribution in [0.15, 0.2) is 6.20 Å². The number of nitrogens with zero attached hydrogens (tertiary/aromatic N) is 2. The lowest BCUT2D eigenvalue weighted by Gasteiger charge is -2.04. The van der Waals surface area contributed by atoms with E-state index in [1.54, 1.807) is 20.2 Å². The summed E-state index contributed by atoms with van der Waals surface area (Å²) in [5.74, 6) is 0.479. The summed E-state index contributed by atoms with van der Waals surface area (Å²) in [4.78, 5) is 4.00. The zero-order chi connectivity index (χ0) is 9.14. The van der Waals surface area contributed by atoms with E-state index in [4.69, 9.17) is 0 Å². The predicted molar refractivity (Wildman–Crippen MR) is 42.5 cm³/mol. The quantitative estimate of drug-likeness (QED) is 0.754. The largest absolute Gasteiger partial charge is 0.359 e. The summed E-state index contributed by atoms with van der Waals surface area (Å²) in [5, 5.41) is 2.74. The summed E-state index contributed by atoms with van der Waals surface area (Å²) in [6.45, 7) is 1.46.